The van der Waals surface area contributed by atoms with Gasteiger partial charge in [0, 0.05) is 0 Å². The maximum absolute atomic E-state index is 2.47. The van der Waals surface area contributed by atoms with Crippen molar-refractivity contribution in [3.63, 3.8) is 0 Å². The molecule has 1 heterocycles. The van der Waals surface area contributed by atoms with Gasteiger partial charge in [0.25, 0.3) is 0 Å². The van der Waals surface area contributed by atoms with Crippen LogP contribution in [0.1, 0.15) is 0 Å². The van der Waals surface area contributed by atoms with E-state index in [1.807, 2.05) is 0 Å². The van der Waals surface area contributed by atoms with Crippen molar-refractivity contribution in [3.05, 3.63) is 42.5 Å². The summed E-state index contributed by atoms with van der Waals surface area (Å²) in [4.78, 5) is 7.42. The molecule has 0 aliphatic heterocycles. The van der Waals surface area contributed by atoms with Gasteiger partial charge < -0.3 is 0 Å². The molecule has 18 heavy (non-hydrogen) atoms. The van der Waals surface area contributed by atoms with E-state index in [0.29, 0.717) is 0 Å². The van der Waals surface area contributed by atoms with Gasteiger partial charge in [-0.25, -0.2) is 0 Å². The number of hydrogen-bond donors (Lipinski definition) is 0. The van der Waals surface area contributed by atoms with Crippen molar-refractivity contribution < 1.29 is 0 Å². The second-order valence-electron chi connectivity index (χ2n) is 6.06. The van der Waals surface area contributed by atoms with E-state index >= 15 is 0 Å². The molecule has 1 aromatic heterocycles. The van der Waals surface area contributed by atoms with Gasteiger partial charge in [-0.1, -0.05) is 0 Å². The third kappa shape index (κ3) is 1.76. The number of aromatic nitrogens is 1. The fourth-order valence-corrected chi connectivity index (χ4v) is 5.95. The second kappa shape index (κ2) is 4.02. The first-order valence-electron chi connectivity index (χ1n) is 6.46. The molecule has 0 aliphatic carbocycles. The van der Waals surface area contributed by atoms with E-state index in [0.717, 1.165) is 0 Å². The number of fused-ring (bicyclic) bond motifs is 3. The number of nitrogens with zero attached hydrogens (tertiary/aromatic N) is 1. The van der Waals surface area contributed by atoms with E-state index in [1.54, 1.807) is 3.58 Å². The Morgan fingerprint density at radius 1 is 0.833 bits per heavy atom. The van der Waals surface area contributed by atoms with Gasteiger partial charge in [-0.2, -0.15) is 0 Å². The Morgan fingerprint density at radius 2 is 1.50 bits per heavy atom. The van der Waals surface area contributed by atoms with E-state index in [1.165, 1.54) is 21.8 Å². The number of para-hydroxylation sites is 1. The van der Waals surface area contributed by atoms with Crippen LogP contribution in [0, 0.1) is 0 Å². The maximum atomic E-state index is 2.47. The molecule has 2 heteroatoms. The first-order valence-corrected chi connectivity index (χ1v) is 16.4. The Kier molecular flexibility index (Phi) is 2.70. The molecule has 2 aromatic carbocycles. The predicted molar refractivity (Wildman–Crippen MR) is 83.4 cm³/mol. The van der Waals surface area contributed by atoms with Gasteiger partial charge in [-0.3, -0.25) is 0 Å². The molecule has 0 unspecified atom stereocenters. The zero-order valence-electron chi connectivity index (χ0n) is 11.5. The van der Waals surface area contributed by atoms with Crippen LogP contribution in [0.5, 0.6) is 0 Å². The van der Waals surface area contributed by atoms with Crippen LogP contribution in [0.25, 0.3) is 21.8 Å². The Bertz CT molecular complexity index is 732. The van der Waals surface area contributed by atoms with Crippen LogP contribution in [0.15, 0.2) is 42.5 Å². The average molecular weight is 344 g/mol. The summed E-state index contributed by atoms with van der Waals surface area (Å²) in [7, 11) is 2.16. The van der Waals surface area contributed by atoms with Gasteiger partial charge >= 0.3 is 113 Å². The van der Waals surface area contributed by atoms with Gasteiger partial charge in [0.1, 0.15) is 0 Å². The Hall–Kier alpha value is -0.961. The summed E-state index contributed by atoms with van der Waals surface area (Å²) < 4.78 is 3.90. The third-order valence-corrected chi connectivity index (χ3v) is 9.61. The Labute approximate surface area is 112 Å². The molecule has 0 saturated heterocycles. The molecule has 0 atom stereocenters. The van der Waals surface area contributed by atoms with E-state index in [9.17, 15) is 0 Å². The molecule has 3 aromatic rings. The molecule has 1 nitrogen and oxygen atoms in total. The zero-order valence-corrected chi connectivity index (χ0v) is 14.3. The van der Waals surface area contributed by atoms with Crippen molar-refractivity contribution in [2.75, 3.05) is 0 Å². The summed E-state index contributed by atoms with van der Waals surface area (Å²) in [6.45, 7) is 0. The van der Waals surface area contributed by atoms with Crippen molar-refractivity contribution in [1.29, 1.82) is 0 Å². The van der Waals surface area contributed by atoms with Crippen LogP contribution in [-0.4, -0.2) is 22.9 Å². The van der Waals surface area contributed by atoms with E-state index in [-0.39, 0.29) is 0 Å². The summed E-state index contributed by atoms with van der Waals surface area (Å²) in [6.07, 6.45) is 0. The number of hydrogen-bond acceptors (Lipinski definition) is 0. The molecule has 3 rings (SSSR count). The third-order valence-electron chi connectivity index (χ3n) is 3.78. The van der Waals surface area contributed by atoms with Crippen molar-refractivity contribution in [3.8, 4) is 0 Å². The molecule has 0 fully saturated rings. The SMILES string of the molecule is Cn1c2ccccc2c2c[c]([Sn]([CH3])([CH3])[CH3])ccc21. The van der Waals surface area contributed by atoms with Crippen LogP contribution < -0.4 is 3.58 Å². The number of aryl methyl sites for hydroxylation is 1. The predicted octanol–water partition coefficient (Wildman–Crippen LogP) is 3.88. The fraction of sp³-hybridized carbons (Fsp3) is 0.250. The van der Waals surface area contributed by atoms with Gasteiger partial charge in [0.05, 0.1) is 0 Å². The van der Waals surface area contributed by atoms with Crippen molar-refractivity contribution in [2.24, 2.45) is 7.05 Å². The Morgan fingerprint density at radius 3 is 2.22 bits per heavy atom. The van der Waals surface area contributed by atoms with Crippen LogP contribution >= 0.6 is 0 Å². The summed E-state index contributed by atoms with van der Waals surface area (Å²) in [6, 6.07) is 15.8. The molecule has 0 saturated carbocycles. The average Bonchev–Trinajstić information content (AvgIpc) is 2.63. The first kappa shape index (κ1) is 12.1. The van der Waals surface area contributed by atoms with Crippen molar-refractivity contribution in [2.45, 2.75) is 14.8 Å². The van der Waals surface area contributed by atoms with Gasteiger partial charge in [-0.15, -0.1) is 0 Å². The van der Waals surface area contributed by atoms with Crippen LogP contribution in [0.4, 0.5) is 0 Å². The zero-order chi connectivity index (χ0) is 12.9. The molecule has 92 valence electrons. The number of rotatable bonds is 1. The summed E-state index contributed by atoms with van der Waals surface area (Å²) in [5.41, 5.74) is 2.67. The van der Waals surface area contributed by atoms with E-state index in [4.69, 9.17) is 0 Å². The Balaban J connectivity index is 2.44. The fourth-order valence-electron chi connectivity index (χ4n) is 2.63. The summed E-state index contributed by atoms with van der Waals surface area (Å²) >= 11 is -1.97. The molecule has 0 N–H and O–H groups in total. The number of benzene rings is 2. The molecule has 0 radical (unpaired) electrons. The van der Waals surface area contributed by atoms with Gasteiger partial charge in [0.2, 0.25) is 0 Å². The first-order chi connectivity index (χ1) is 8.48. The van der Waals surface area contributed by atoms with Gasteiger partial charge in [0.15, 0.2) is 0 Å². The van der Waals surface area contributed by atoms with Crippen LogP contribution in [-0.2, 0) is 7.05 Å². The monoisotopic (exact) mass is 345 g/mol. The van der Waals surface area contributed by atoms with Gasteiger partial charge in [-0.05, 0) is 0 Å². The van der Waals surface area contributed by atoms with Crippen molar-refractivity contribution >= 4 is 43.8 Å². The van der Waals surface area contributed by atoms with Crippen LogP contribution in [0.3, 0.4) is 0 Å². The standard InChI is InChI=1S/C13H10N.3CH3.Sn/c1-14-12-8-4-2-6-10(12)11-7-3-5-9-13(11)14;;;;/h2,4-9H,1H3;3*1H3;. The molecule has 0 amide bonds. The quantitative estimate of drug-likeness (QED) is 0.591. The molecule has 0 aliphatic rings. The topological polar surface area (TPSA) is 4.93 Å². The summed E-state index contributed by atoms with van der Waals surface area (Å²) in [5.74, 6) is 0. The van der Waals surface area contributed by atoms with Crippen molar-refractivity contribution in [1.82, 2.24) is 4.57 Å². The normalized spacial score (nSPS) is 12.4. The molecular formula is C16H19NSn. The minimum absolute atomic E-state index is 1.33. The molecule has 0 spiro atoms. The minimum atomic E-state index is -1.97. The second-order valence-corrected chi connectivity index (χ2v) is 20.5. The molecular weight excluding hydrogens is 325 g/mol. The van der Waals surface area contributed by atoms with E-state index < -0.39 is 18.4 Å². The summed E-state index contributed by atoms with van der Waals surface area (Å²) in [5, 5.41) is 2.80. The van der Waals surface area contributed by atoms with Crippen LogP contribution in [0.2, 0.25) is 14.8 Å². The molecule has 0 bridgehead atoms. The van der Waals surface area contributed by atoms with E-state index in [2.05, 4.69) is 68.9 Å².